The third-order valence-electron chi connectivity index (χ3n) is 2.34. The summed E-state index contributed by atoms with van der Waals surface area (Å²) in [4.78, 5) is 0. The van der Waals surface area contributed by atoms with Crippen LogP contribution in [-0.4, -0.2) is 14.8 Å². The molecule has 1 aromatic heterocycles. The van der Waals surface area contributed by atoms with E-state index in [9.17, 15) is 0 Å². The third kappa shape index (κ3) is 2.18. The normalized spacial score (nSPS) is 13.2. The molecular weight excluding hydrogens is 182 g/mol. The van der Waals surface area contributed by atoms with Gasteiger partial charge in [-0.2, -0.15) is 5.10 Å². The Hall–Kier alpha value is -0.640. The van der Waals surface area contributed by atoms with Crippen molar-refractivity contribution in [2.75, 3.05) is 0 Å². The summed E-state index contributed by atoms with van der Waals surface area (Å²) in [6.07, 6.45) is 3.47. The van der Waals surface area contributed by atoms with Crippen molar-refractivity contribution in [3.63, 3.8) is 0 Å². The molecule has 0 spiro atoms. The van der Waals surface area contributed by atoms with Crippen LogP contribution in [0, 0.1) is 11.7 Å². The fraction of sp³-hybridized carbons (Fsp3) is 0.778. The minimum atomic E-state index is 0.510. The van der Waals surface area contributed by atoms with Crippen LogP contribution in [0.5, 0.6) is 0 Å². The largest absolute Gasteiger partial charge is 0.301 e. The molecule has 0 fully saturated rings. The first-order chi connectivity index (χ1) is 6.20. The molecule has 0 saturated heterocycles. The van der Waals surface area contributed by atoms with Crippen molar-refractivity contribution >= 4 is 12.2 Å². The Labute approximate surface area is 84.2 Å². The smallest absolute Gasteiger partial charge is 0.195 e. The zero-order chi connectivity index (χ0) is 9.84. The number of hydrogen-bond donors (Lipinski definition) is 1. The molecule has 1 N–H and O–H groups in total. The molecule has 0 bridgehead atoms. The second kappa shape index (κ2) is 4.56. The first-order valence-corrected chi connectivity index (χ1v) is 5.25. The van der Waals surface area contributed by atoms with E-state index in [0.29, 0.717) is 6.04 Å². The van der Waals surface area contributed by atoms with E-state index in [0.717, 1.165) is 17.0 Å². The predicted octanol–water partition coefficient (Wildman–Crippen LogP) is 3.00. The van der Waals surface area contributed by atoms with Gasteiger partial charge in [0, 0.05) is 6.04 Å². The summed E-state index contributed by atoms with van der Waals surface area (Å²) in [5.74, 6) is 0.991. The molecule has 0 saturated carbocycles. The first-order valence-electron chi connectivity index (χ1n) is 4.84. The van der Waals surface area contributed by atoms with E-state index in [1.807, 2.05) is 6.92 Å². The highest BCUT2D eigenvalue weighted by Gasteiger charge is 2.11. The molecule has 0 aromatic carbocycles. The van der Waals surface area contributed by atoms with Crippen LogP contribution >= 0.6 is 12.2 Å². The fourth-order valence-corrected chi connectivity index (χ4v) is 1.99. The molecule has 0 aliphatic rings. The van der Waals surface area contributed by atoms with Gasteiger partial charge in [-0.05, 0) is 32.0 Å². The van der Waals surface area contributed by atoms with Crippen molar-refractivity contribution in [1.82, 2.24) is 14.8 Å². The van der Waals surface area contributed by atoms with E-state index in [2.05, 4.69) is 28.6 Å². The Morgan fingerprint density at radius 2 is 2.23 bits per heavy atom. The molecule has 0 aliphatic heterocycles. The van der Waals surface area contributed by atoms with Crippen molar-refractivity contribution in [3.05, 3.63) is 10.6 Å². The molecule has 1 aromatic rings. The van der Waals surface area contributed by atoms with Crippen LogP contribution in [-0.2, 0) is 0 Å². The van der Waals surface area contributed by atoms with Gasteiger partial charge in [-0.3, -0.25) is 5.10 Å². The predicted molar refractivity (Wildman–Crippen MR) is 56.4 cm³/mol. The van der Waals surface area contributed by atoms with Crippen LogP contribution < -0.4 is 0 Å². The van der Waals surface area contributed by atoms with Crippen molar-refractivity contribution in [2.24, 2.45) is 0 Å². The average molecular weight is 199 g/mol. The van der Waals surface area contributed by atoms with Gasteiger partial charge in [0.2, 0.25) is 0 Å². The Kier molecular flexibility index (Phi) is 3.66. The summed E-state index contributed by atoms with van der Waals surface area (Å²) in [6.45, 7) is 6.38. The second-order valence-corrected chi connectivity index (χ2v) is 3.68. The topological polar surface area (TPSA) is 33.6 Å². The average Bonchev–Trinajstić information content (AvgIpc) is 2.43. The number of aromatic amines is 1. The Morgan fingerprint density at radius 3 is 2.62 bits per heavy atom. The second-order valence-electron chi connectivity index (χ2n) is 3.30. The monoisotopic (exact) mass is 199 g/mol. The number of nitrogens with one attached hydrogen (secondary N) is 1. The first kappa shape index (κ1) is 10.4. The van der Waals surface area contributed by atoms with Crippen molar-refractivity contribution < 1.29 is 0 Å². The molecule has 0 radical (unpaired) electrons. The maximum atomic E-state index is 5.17. The van der Waals surface area contributed by atoms with Gasteiger partial charge in [-0.25, -0.2) is 0 Å². The number of hydrogen-bond acceptors (Lipinski definition) is 2. The molecule has 1 atom stereocenters. The standard InChI is InChI=1S/C9H17N3S/c1-4-6-8(5-2)12-7(3)10-11-9(12)13/h8H,4-6H2,1-3H3,(H,11,13). The summed E-state index contributed by atoms with van der Waals surface area (Å²) < 4.78 is 2.87. The molecule has 0 aliphatic carbocycles. The molecule has 0 amide bonds. The van der Waals surface area contributed by atoms with Crippen LogP contribution in [0.25, 0.3) is 0 Å². The third-order valence-corrected chi connectivity index (χ3v) is 2.63. The van der Waals surface area contributed by atoms with Crippen LogP contribution in [0.2, 0.25) is 0 Å². The fourth-order valence-electron chi connectivity index (χ4n) is 1.66. The highest BCUT2D eigenvalue weighted by Crippen LogP contribution is 2.19. The van der Waals surface area contributed by atoms with Gasteiger partial charge in [0.25, 0.3) is 0 Å². The lowest BCUT2D eigenvalue weighted by Crippen LogP contribution is -2.09. The van der Waals surface area contributed by atoms with E-state index in [4.69, 9.17) is 12.2 Å². The van der Waals surface area contributed by atoms with Gasteiger partial charge < -0.3 is 4.57 Å². The van der Waals surface area contributed by atoms with Gasteiger partial charge in [-0.15, -0.1) is 0 Å². The minimum absolute atomic E-state index is 0.510. The Balaban J connectivity index is 2.96. The highest BCUT2D eigenvalue weighted by molar-refractivity contribution is 7.71. The van der Waals surface area contributed by atoms with Gasteiger partial charge in [-0.1, -0.05) is 20.3 Å². The van der Waals surface area contributed by atoms with Crippen LogP contribution in [0.4, 0.5) is 0 Å². The van der Waals surface area contributed by atoms with Gasteiger partial charge >= 0.3 is 0 Å². The quantitative estimate of drug-likeness (QED) is 0.756. The van der Waals surface area contributed by atoms with Crippen LogP contribution in [0.3, 0.4) is 0 Å². The van der Waals surface area contributed by atoms with Crippen molar-refractivity contribution in [3.8, 4) is 0 Å². The maximum Gasteiger partial charge on any atom is 0.195 e. The number of rotatable bonds is 4. The molecule has 74 valence electrons. The zero-order valence-electron chi connectivity index (χ0n) is 8.50. The Morgan fingerprint density at radius 1 is 1.54 bits per heavy atom. The number of H-pyrrole nitrogens is 1. The van der Waals surface area contributed by atoms with Gasteiger partial charge in [0.05, 0.1) is 0 Å². The number of aryl methyl sites for hydroxylation is 1. The van der Waals surface area contributed by atoms with Crippen LogP contribution in [0.15, 0.2) is 0 Å². The summed E-state index contributed by atoms with van der Waals surface area (Å²) in [6, 6.07) is 0.510. The Bertz CT molecular complexity index is 313. The van der Waals surface area contributed by atoms with Crippen molar-refractivity contribution in [1.29, 1.82) is 0 Å². The van der Waals surface area contributed by atoms with Gasteiger partial charge in [0.15, 0.2) is 4.77 Å². The van der Waals surface area contributed by atoms with E-state index < -0.39 is 0 Å². The number of aromatic nitrogens is 3. The van der Waals surface area contributed by atoms with E-state index in [1.165, 1.54) is 12.8 Å². The lowest BCUT2D eigenvalue weighted by molar-refractivity contribution is 0.434. The maximum absolute atomic E-state index is 5.17. The van der Waals surface area contributed by atoms with Crippen molar-refractivity contribution in [2.45, 2.75) is 46.1 Å². The summed E-state index contributed by atoms with van der Waals surface area (Å²) in [5.41, 5.74) is 0. The van der Waals surface area contributed by atoms with E-state index in [1.54, 1.807) is 0 Å². The summed E-state index contributed by atoms with van der Waals surface area (Å²) in [7, 11) is 0. The summed E-state index contributed by atoms with van der Waals surface area (Å²) >= 11 is 5.17. The molecule has 1 heterocycles. The zero-order valence-corrected chi connectivity index (χ0v) is 9.32. The molecular formula is C9H17N3S. The van der Waals surface area contributed by atoms with E-state index in [-0.39, 0.29) is 0 Å². The highest BCUT2D eigenvalue weighted by atomic mass is 32.1. The molecule has 13 heavy (non-hydrogen) atoms. The lowest BCUT2D eigenvalue weighted by Gasteiger charge is -2.16. The van der Waals surface area contributed by atoms with Crippen LogP contribution in [0.1, 0.15) is 45.0 Å². The van der Waals surface area contributed by atoms with Gasteiger partial charge in [0.1, 0.15) is 5.82 Å². The molecule has 4 heteroatoms. The molecule has 1 unspecified atom stereocenters. The molecule has 3 nitrogen and oxygen atoms in total. The minimum Gasteiger partial charge on any atom is -0.301 e. The number of nitrogens with zero attached hydrogens (tertiary/aromatic N) is 2. The van der Waals surface area contributed by atoms with E-state index >= 15 is 0 Å². The summed E-state index contributed by atoms with van der Waals surface area (Å²) in [5, 5.41) is 6.94. The lowest BCUT2D eigenvalue weighted by atomic mass is 10.1. The molecule has 1 rings (SSSR count). The SMILES string of the molecule is CCCC(CC)n1c(C)n[nH]c1=S.